The minimum absolute atomic E-state index is 0.238. The van der Waals surface area contributed by atoms with Gasteiger partial charge in [-0.05, 0) is 39.8 Å². The molecule has 2 fully saturated rings. The van der Waals surface area contributed by atoms with Gasteiger partial charge in [-0.15, -0.1) is 0 Å². The largest absolute Gasteiger partial charge is 0.392 e. The lowest BCUT2D eigenvalue weighted by atomic mass is 9.64. The van der Waals surface area contributed by atoms with Crippen LogP contribution in [-0.4, -0.2) is 54.6 Å². The zero-order chi connectivity index (χ0) is 15.1. The zero-order valence-corrected chi connectivity index (χ0v) is 12.3. The van der Waals surface area contributed by atoms with Gasteiger partial charge in [-0.1, -0.05) is 0 Å². The molecule has 2 aliphatic rings. The molecule has 2 rings (SSSR count). The van der Waals surface area contributed by atoms with Crippen molar-refractivity contribution in [3.8, 4) is 0 Å². The molecule has 1 amide bonds. The van der Waals surface area contributed by atoms with Crippen LogP contribution in [0.2, 0.25) is 0 Å². The third kappa shape index (κ3) is 2.80. The van der Waals surface area contributed by atoms with Crippen LogP contribution in [0.3, 0.4) is 0 Å². The quantitative estimate of drug-likeness (QED) is 0.741. The molecule has 0 N–H and O–H groups in total. The highest BCUT2D eigenvalue weighted by Gasteiger charge is 2.57. The molecular weight excluding hydrogens is 269 g/mol. The molecule has 116 valence electrons. The lowest BCUT2D eigenvalue weighted by molar-refractivity contribution is -0.229. The van der Waals surface area contributed by atoms with Gasteiger partial charge in [-0.2, -0.15) is 13.2 Å². The summed E-state index contributed by atoms with van der Waals surface area (Å²) in [5.74, 6) is -1.86. The highest BCUT2D eigenvalue weighted by Crippen LogP contribution is 2.51. The van der Waals surface area contributed by atoms with E-state index in [1.54, 1.807) is 7.05 Å². The fraction of sp³-hybridized carbons (Fsp3) is 0.929. The van der Waals surface area contributed by atoms with Gasteiger partial charge >= 0.3 is 6.18 Å². The van der Waals surface area contributed by atoms with Crippen LogP contribution in [0.25, 0.3) is 0 Å². The first kappa shape index (κ1) is 15.6. The number of likely N-dealkylation sites (tertiary alicyclic amines) is 2. The van der Waals surface area contributed by atoms with E-state index in [9.17, 15) is 18.0 Å². The van der Waals surface area contributed by atoms with Gasteiger partial charge in [0.15, 0.2) is 0 Å². The van der Waals surface area contributed by atoms with Crippen LogP contribution in [0.4, 0.5) is 13.2 Å². The fourth-order valence-electron chi connectivity index (χ4n) is 3.67. The van der Waals surface area contributed by atoms with Crippen LogP contribution < -0.4 is 0 Å². The van der Waals surface area contributed by atoms with Gasteiger partial charge in [0, 0.05) is 31.5 Å². The predicted octanol–water partition coefficient (Wildman–Crippen LogP) is 2.52. The Morgan fingerprint density at radius 1 is 1.25 bits per heavy atom. The van der Waals surface area contributed by atoms with Crippen molar-refractivity contribution in [2.75, 3.05) is 26.7 Å². The molecular formula is C14H23F3N2O. The van der Waals surface area contributed by atoms with Gasteiger partial charge in [0.25, 0.3) is 0 Å². The molecule has 1 atom stereocenters. The second kappa shape index (κ2) is 5.20. The van der Waals surface area contributed by atoms with Crippen molar-refractivity contribution in [1.29, 1.82) is 0 Å². The number of halogens is 3. The minimum atomic E-state index is -4.28. The number of carbonyl (C=O) groups excluding carboxylic acids is 1. The molecule has 20 heavy (non-hydrogen) atoms. The second-order valence-corrected chi connectivity index (χ2v) is 6.54. The molecule has 2 saturated heterocycles. The van der Waals surface area contributed by atoms with Gasteiger partial charge in [-0.3, -0.25) is 4.79 Å². The van der Waals surface area contributed by atoms with Crippen molar-refractivity contribution in [2.24, 2.45) is 11.3 Å². The van der Waals surface area contributed by atoms with Crippen LogP contribution in [0.15, 0.2) is 0 Å². The molecule has 0 saturated carbocycles. The standard InChI is InChI=1S/C14H23F3N2O/c1-10(2)19-6-4-13(5-7-19)9-18(3)12(20)8-11(13)14(15,16)17/h10-11H,4-9H2,1-3H3/t11-/m1/s1. The summed E-state index contributed by atoms with van der Waals surface area (Å²) < 4.78 is 40.0. The maximum atomic E-state index is 13.3. The number of alkyl halides is 3. The van der Waals surface area contributed by atoms with Crippen LogP contribution >= 0.6 is 0 Å². The molecule has 0 radical (unpaired) electrons. The molecule has 0 aromatic carbocycles. The number of piperidine rings is 2. The fourth-order valence-corrected chi connectivity index (χ4v) is 3.67. The molecule has 0 aliphatic carbocycles. The number of hydrogen-bond donors (Lipinski definition) is 0. The van der Waals surface area contributed by atoms with E-state index in [0.29, 0.717) is 32.0 Å². The van der Waals surface area contributed by atoms with Crippen molar-refractivity contribution in [3.63, 3.8) is 0 Å². The first-order valence-corrected chi connectivity index (χ1v) is 7.20. The van der Waals surface area contributed by atoms with Crippen LogP contribution in [-0.2, 0) is 4.79 Å². The lowest BCUT2D eigenvalue weighted by Crippen LogP contribution is -2.58. The van der Waals surface area contributed by atoms with Crippen LogP contribution in [0.5, 0.6) is 0 Å². The van der Waals surface area contributed by atoms with Crippen molar-refractivity contribution in [3.05, 3.63) is 0 Å². The Morgan fingerprint density at radius 2 is 1.80 bits per heavy atom. The van der Waals surface area contributed by atoms with Crippen molar-refractivity contribution < 1.29 is 18.0 Å². The third-order valence-electron chi connectivity index (χ3n) is 5.01. The Bertz CT molecular complexity index is 373. The molecule has 2 heterocycles. The Morgan fingerprint density at radius 3 is 2.25 bits per heavy atom. The summed E-state index contributed by atoms with van der Waals surface area (Å²) in [6, 6.07) is 0.361. The van der Waals surface area contributed by atoms with Crippen molar-refractivity contribution in [1.82, 2.24) is 9.80 Å². The summed E-state index contributed by atoms with van der Waals surface area (Å²) in [6.45, 7) is 5.74. The van der Waals surface area contributed by atoms with E-state index in [1.807, 2.05) is 0 Å². The Hall–Kier alpha value is -0.780. The molecule has 6 heteroatoms. The molecule has 0 unspecified atom stereocenters. The Kier molecular flexibility index (Phi) is 4.06. The van der Waals surface area contributed by atoms with Gasteiger partial charge in [0.05, 0.1) is 5.92 Å². The van der Waals surface area contributed by atoms with E-state index in [0.717, 1.165) is 0 Å². The normalized spacial score (nSPS) is 28.4. The van der Waals surface area contributed by atoms with Crippen molar-refractivity contribution >= 4 is 5.91 Å². The predicted molar refractivity (Wildman–Crippen MR) is 70.2 cm³/mol. The molecule has 1 spiro atoms. The molecule has 3 nitrogen and oxygen atoms in total. The summed E-state index contributed by atoms with van der Waals surface area (Å²) in [5.41, 5.74) is -0.785. The second-order valence-electron chi connectivity index (χ2n) is 6.54. The molecule has 2 aliphatic heterocycles. The first-order chi connectivity index (χ1) is 9.16. The summed E-state index contributed by atoms with van der Waals surface area (Å²) in [4.78, 5) is 15.4. The van der Waals surface area contributed by atoms with Gasteiger partial charge < -0.3 is 9.80 Å². The Balaban J connectivity index is 2.20. The van der Waals surface area contributed by atoms with E-state index in [2.05, 4.69) is 18.7 Å². The van der Waals surface area contributed by atoms with Gasteiger partial charge in [0.1, 0.15) is 0 Å². The molecule has 0 bridgehead atoms. The maximum absolute atomic E-state index is 13.3. The van der Waals surface area contributed by atoms with Gasteiger partial charge in [0.2, 0.25) is 5.91 Å². The van der Waals surface area contributed by atoms with Crippen LogP contribution in [0.1, 0.15) is 33.1 Å². The highest BCUT2D eigenvalue weighted by molar-refractivity contribution is 5.77. The SMILES string of the molecule is CC(C)N1CCC2(CC1)CN(C)C(=O)C[C@H]2C(F)(F)F. The average Bonchev–Trinajstić information content (AvgIpc) is 2.33. The summed E-state index contributed by atoms with van der Waals surface area (Å²) in [7, 11) is 1.62. The minimum Gasteiger partial charge on any atom is -0.345 e. The third-order valence-corrected chi connectivity index (χ3v) is 5.01. The maximum Gasteiger partial charge on any atom is 0.392 e. The van der Waals surface area contributed by atoms with Gasteiger partial charge in [-0.25, -0.2) is 0 Å². The van der Waals surface area contributed by atoms with E-state index in [-0.39, 0.29) is 18.9 Å². The number of carbonyl (C=O) groups is 1. The van der Waals surface area contributed by atoms with Crippen LogP contribution in [0, 0.1) is 11.3 Å². The molecule has 0 aromatic rings. The summed E-state index contributed by atoms with van der Waals surface area (Å²) >= 11 is 0. The number of rotatable bonds is 1. The summed E-state index contributed by atoms with van der Waals surface area (Å²) in [5, 5.41) is 0. The van der Waals surface area contributed by atoms with E-state index < -0.39 is 17.5 Å². The highest BCUT2D eigenvalue weighted by atomic mass is 19.4. The Labute approximate surface area is 118 Å². The number of hydrogen-bond acceptors (Lipinski definition) is 2. The lowest BCUT2D eigenvalue weighted by Gasteiger charge is -2.52. The smallest absolute Gasteiger partial charge is 0.345 e. The topological polar surface area (TPSA) is 23.6 Å². The summed E-state index contributed by atoms with van der Waals surface area (Å²) in [6.07, 6.45) is -3.63. The first-order valence-electron chi connectivity index (χ1n) is 7.20. The van der Waals surface area contributed by atoms with Crippen molar-refractivity contribution in [2.45, 2.75) is 45.3 Å². The number of nitrogens with zero attached hydrogens (tertiary/aromatic N) is 2. The number of amides is 1. The van der Waals surface area contributed by atoms with E-state index in [4.69, 9.17) is 0 Å². The average molecular weight is 292 g/mol. The molecule has 0 aromatic heterocycles. The van der Waals surface area contributed by atoms with E-state index >= 15 is 0 Å². The zero-order valence-electron chi connectivity index (χ0n) is 12.3. The van der Waals surface area contributed by atoms with E-state index in [1.165, 1.54) is 4.90 Å². The monoisotopic (exact) mass is 292 g/mol.